The van der Waals surface area contributed by atoms with E-state index in [1.807, 2.05) is 31.2 Å². The molecule has 0 bridgehead atoms. The standard InChI is InChI=1S/C16H20N2O/c1-3-4-5-8-15(19)18-14-10-9-12(2)16-13(14)7-6-11-17-16/h6-7,9-11H,3-5,8H2,1-2H3,(H,18,19). The summed E-state index contributed by atoms with van der Waals surface area (Å²) in [5.41, 5.74) is 2.93. The molecule has 1 N–H and O–H groups in total. The quantitative estimate of drug-likeness (QED) is 0.820. The summed E-state index contributed by atoms with van der Waals surface area (Å²) in [4.78, 5) is 16.3. The van der Waals surface area contributed by atoms with Gasteiger partial charge in [0.25, 0.3) is 0 Å². The molecular weight excluding hydrogens is 236 g/mol. The van der Waals surface area contributed by atoms with Gasteiger partial charge in [-0.3, -0.25) is 9.78 Å². The normalized spacial score (nSPS) is 10.6. The zero-order valence-electron chi connectivity index (χ0n) is 11.6. The van der Waals surface area contributed by atoms with E-state index in [4.69, 9.17) is 0 Å². The third kappa shape index (κ3) is 3.31. The van der Waals surface area contributed by atoms with Crippen molar-refractivity contribution in [1.82, 2.24) is 4.98 Å². The fraction of sp³-hybridized carbons (Fsp3) is 0.375. The van der Waals surface area contributed by atoms with Crippen molar-refractivity contribution >= 4 is 22.5 Å². The number of aryl methyl sites for hydroxylation is 1. The lowest BCUT2D eigenvalue weighted by Gasteiger charge is -2.09. The third-order valence-electron chi connectivity index (χ3n) is 3.25. The van der Waals surface area contributed by atoms with Gasteiger partial charge >= 0.3 is 0 Å². The molecule has 3 heteroatoms. The van der Waals surface area contributed by atoms with Crippen LogP contribution in [0, 0.1) is 6.92 Å². The van der Waals surface area contributed by atoms with Gasteiger partial charge in [0.05, 0.1) is 11.2 Å². The van der Waals surface area contributed by atoms with Crippen molar-refractivity contribution < 1.29 is 4.79 Å². The van der Waals surface area contributed by atoms with E-state index in [0.717, 1.165) is 41.4 Å². The van der Waals surface area contributed by atoms with Gasteiger partial charge < -0.3 is 5.32 Å². The SMILES string of the molecule is CCCCCC(=O)Nc1ccc(C)c2ncccc12. The Labute approximate surface area is 114 Å². The van der Waals surface area contributed by atoms with Gasteiger partial charge in [-0.15, -0.1) is 0 Å². The van der Waals surface area contributed by atoms with E-state index in [1.54, 1.807) is 6.20 Å². The maximum atomic E-state index is 11.9. The molecule has 0 unspecified atom stereocenters. The van der Waals surface area contributed by atoms with Gasteiger partial charge in [-0.25, -0.2) is 0 Å². The topological polar surface area (TPSA) is 42.0 Å². The first-order valence-corrected chi connectivity index (χ1v) is 6.86. The molecule has 1 heterocycles. The zero-order valence-corrected chi connectivity index (χ0v) is 11.6. The van der Waals surface area contributed by atoms with Crippen LogP contribution in [-0.4, -0.2) is 10.9 Å². The van der Waals surface area contributed by atoms with E-state index < -0.39 is 0 Å². The van der Waals surface area contributed by atoms with E-state index >= 15 is 0 Å². The fourth-order valence-corrected chi connectivity index (χ4v) is 2.17. The van der Waals surface area contributed by atoms with Crippen LogP contribution in [0.1, 0.15) is 38.2 Å². The van der Waals surface area contributed by atoms with Crippen molar-refractivity contribution in [1.29, 1.82) is 0 Å². The second-order valence-corrected chi connectivity index (χ2v) is 4.83. The molecule has 2 rings (SSSR count). The monoisotopic (exact) mass is 256 g/mol. The Hall–Kier alpha value is -1.90. The number of aromatic nitrogens is 1. The van der Waals surface area contributed by atoms with E-state index in [2.05, 4.69) is 17.2 Å². The molecule has 1 amide bonds. The summed E-state index contributed by atoms with van der Waals surface area (Å²) in [7, 11) is 0. The van der Waals surface area contributed by atoms with Crippen LogP contribution in [0.2, 0.25) is 0 Å². The maximum Gasteiger partial charge on any atom is 0.224 e. The molecule has 0 aliphatic heterocycles. The minimum Gasteiger partial charge on any atom is -0.325 e. The van der Waals surface area contributed by atoms with Crippen molar-refractivity contribution in [2.75, 3.05) is 5.32 Å². The van der Waals surface area contributed by atoms with E-state index in [-0.39, 0.29) is 5.91 Å². The summed E-state index contributed by atoms with van der Waals surface area (Å²) in [6.07, 6.45) is 5.55. The molecule has 3 nitrogen and oxygen atoms in total. The molecule has 0 atom stereocenters. The van der Waals surface area contributed by atoms with Crippen LogP contribution in [-0.2, 0) is 4.79 Å². The number of benzene rings is 1. The predicted octanol–water partition coefficient (Wildman–Crippen LogP) is 4.06. The summed E-state index contributed by atoms with van der Waals surface area (Å²) in [5.74, 6) is 0.0856. The van der Waals surface area contributed by atoms with Gasteiger partial charge in [0.15, 0.2) is 0 Å². The molecule has 0 aliphatic carbocycles. The van der Waals surface area contributed by atoms with Gasteiger partial charge in [-0.05, 0) is 37.1 Å². The van der Waals surface area contributed by atoms with Crippen LogP contribution in [0.25, 0.3) is 10.9 Å². The van der Waals surface area contributed by atoms with Crippen LogP contribution < -0.4 is 5.32 Å². The number of rotatable bonds is 5. The number of nitrogens with zero attached hydrogens (tertiary/aromatic N) is 1. The number of nitrogens with one attached hydrogen (secondary N) is 1. The Bertz CT molecular complexity index is 578. The average molecular weight is 256 g/mol. The first-order valence-electron chi connectivity index (χ1n) is 6.86. The number of amides is 1. The summed E-state index contributed by atoms with van der Waals surface area (Å²) < 4.78 is 0. The highest BCUT2D eigenvalue weighted by Gasteiger charge is 2.07. The van der Waals surface area contributed by atoms with E-state index in [9.17, 15) is 4.79 Å². The first-order chi connectivity index (χ1) is 9.22. The largest absolute Gasteiger partial charge is 0.325 e. The third-order valence-corrected chi connectivity index (χ3v) is 3.25. The zero-order chi connectivity index (χ0) is 13.7. The van der Waals surface area contributed by atoms with Crippen LogP contribution in [0.15, 0.2) is 30.5 Å². The molecule has 19 heavy (non-hydrogen) atoms. The number of carbonyl (C=O) groups excluding carboxylic acids is 1. The molecule has 0 saturated carbocycles. The van der Waals surface area contributed by atoms with Crippen molar-refractivity contribution in [2.45, 2.75) is 39.5 Å². The smallest absolute Gasteiger partial charge is 0.224 e. The molecule has 0 aliphatic rings. The highest BCUT2D eigenvalue weighted by molar-refractivity contribution is 6.01. The fourth-order valence-electron chi connectivity index (χ4n) is 2.17. The molecule has 0 saturated heterocycles. The minimum absolute atomic E-state index is 0.0856. The maximum absolute atomic E-state index is 11.9. The van der Waals surface area contributed by atoms with Crippen molar-refractivity contribution in [3.8, 4) is 0 Å². The van der Waals surface area contributed by atoms with Crippen LogP contribution >= 0.6 is 0 Å². The molecule has 1 aromatic heterocycles. The molecule has 1 aromatic carbocycles. The van der Waals surface area contributed by atoms with Gasteiger partial charge in [0.2, 0.25) is 5.91 Å². The molecule has 100 valence electrons. The second kappa shape index (κ2) is 6.32. The highest BCUT2D eigenvalue weighted by atomic mass is 16.1. The lowest BCUT2D eigenvalue weighted by atomic mass is 10.1. The van der Waals surface area contributed by atoms with Gasteiger partial charge in [-0.1, -0.05) is 25.8 Å². The lowest BCUT2D eigenvalue weighted by Crippen LogP contribution is -2.11. The highest BCUT2D eigenvalue weighted by Crippen LogP contribution is 2.24. The molecular formula is C16H20N2O. The number of hydrogen-bond donors (Lipinski definition) is 1. The van der Waals surface area contributed by atoms with Crippen molar-refractivity contribution in [3.05, 3.63) is 36.0 Å². The first kappa shape index (κ1) is 13.5. The number of hydrogen-bond acceptors (Lipinski definition) is 2. The van der Waals surface area contributed by atoms with Crippen molar-refractivity contribution in [3.63, 3.8) is 0 Å². The Kier molecular flexibility index (Phi) is 4.50. The van der Waals surface area contributed by atoms with Crippen LogP contribution in [0.4, 0.5) is 5.69 Å². The lowest BCUT2D eigenvalue weighted by molar-refractivity contribution is -0.116. The van der Waals surface area contributed by atoms with E-state index in [1.165, 1.54) is 0 Å². The molecule has 0 radical (unpaired) electrons. The van der Waals surface area contributed by atoms with Gasteiger partial charge in [0, 0.05) is 18.0 Å². The summed E-state index contributed by atoms with van der Waals surface area (Å²) >= 11 is 0. The summed E-state index contributed by atoms with van der Waals surface area (Å²) in [6, 6.07) is 7.85. The second-order valence-electron chi connectivity index (χ2n) is 4.83. The minimum atomic E-state index is 0.0856. The Morgan fingerprint density at radius 1 is 1.26 bits per heavy atom. The number of pyridine rings is 1. The van der Waals surface area contributed by atoms with E-state index in [0.29, 0.717) is 6.42 Å². The number of anilines is 1. The van der Waals surface area contributed by atoms with Crippen LogP contribution in [0.5, 0.6) is 0 Å². The number of carbonyl (C=O) groups is 1. The Balaban J connectivity index is 2.17. The molecule has 0 spiro atoms. The summed E-state index contributed by atoms with van der Waals surface area (Å²) in [5, 5.41) is 4.00. The van der Waals surface area contributed by atoms with Gasteiger partial charge in [-0.2, -0.15) is 0 Å². The predicted molar refractivity (Wildman–Crippen MR) is 79.3 cm³/mol. The summed E-state index contributed by atoms with van der Waals surface area (Å²) in [6.45, 7) is 4.17. The van der Waals surface area contributed by atoms with Crippen LogP contribution in [0.3, 0.4) is 0 Å². The molecule has 0 fully saturated rings. The average Bonchev–Trinajstić information content (AvgIpc) is 2.43. The van der Waals surface area contributed by atoms with Crippen molar-refractivity contribution in [2.24, 2.45) is 0 Å². The van der Waals surface area contributed by atoms with Gasteiger partial charge in [0.1, 0.15) is 0 Å². The Morgan fingerprint density at radius 2 is 2.11 bits per heavy atom. The molecule has 2 aromatic rings. The number of unbranched alkanes of at least 4 members (excludes halogenated alkanes) is 2. The Morgan fingerprint density at radius 3 is 2.89 bits per heavy atom. The number of fused-ring (bicyclic) bond motifs is 1.